The summed E-state index contributed by atoms with van der Waals surface area (Å²) in [4.78, 5) is 26.5. The molecular weight excluding hydrogens is 1220 g/mol. The van der Waals surface area contributed by atoms with Gasteiger partial charge in [-0.1, -0.05) is 0 Å². The lowest BCUT2D eigenvalue weighted by atomic mass is 9.55. The summed E-state index contributed by atoms with van der Waals surface area (Å²) in [5.41, 5.74) is 6.91. The van der Waals surface area contributed by atoms with Gasteiger partial charge in [0.2, 0.25) is 0 Å². The van der Waals surface area contributed by atoms with Gasteiger partial charge in [-0.05, 0) is 0 Å². The summed E-state index contributed by atoms with van der Waals surface area (Å²) in [6.45, 7) is -3.56. The van der Waals surface area contributed by atoms with E-state index in [-0.39, 0.29) is 36.2 Å². The number of aliphatic hydroxyl groups is 18. The van der Waals surface area contributed by atoms with Crippen molar-refractivity contribution in [1.29, 1.82) is 0 Å². The zero-order valence-electron chi connectivity index (χ0n) is 46.2. The number of hydrogen-bond acceptors (Lipinski definition) is 44. The number of guanidine groups is 4. The quantitative estimate of drug-likeness (QED) is 0.114. The summed E-state index contributed by atoms with van der Waals surface area (Å²) < 4.78 is 41.4. The van der Waals surface area contributed by atoms with Gasteiger partial charge in [0, 0.05) is 0 Å². The number of ether oxygens (including phenoxy) is 8. The van der Waals surface area contributed by atoms with Crippen molar-refractivity contribution in [3.8, 4) is 0 Å². The zero-order chi connectivity index (χ0) is 63.4. The molecule has 27 unspecified atom stereocenters. The predicted octanol–water partition coefficient (Wildman–Crippen LogP) is -24.8. The van der Waals surface area contributed by atoms with Crippen LogP contribution in [0.15, 0.2) is 20.0 Å². The molecule has 89 heavy (non-hydrogen) atoms. The van der Waals surface area contributed by atoms with Crippen LogP contribution in [0.25, 0.3) is 0 Å². The fourth-order valence-electron chi connectivity index (χ4n) is 16.8. The Morgan fingerprint density at radius 3 is 1.20 bits per heavy atom. The van der Waals surface area contributed by atoms with Gasteiger partial charge in [-0.2, -0.15) is 0 Å². The fourth-order valence-corrected chi connectivity index (χ4v) is 16.8. The molecule has 19 rings (SSSR count). The molecule has 0 amide bonds. The highest BCUT2D eigenvalue weighted by Gasteiger charge is 2.86. The number of nitrogens with one attached hydrogen (secondary N) is 4. The Kier molecular flexibility index (Phi) is 14.7. The molecule has 17 bridgehead atoms. The number of aliphatic carboxylic acids is 1. The van der Waals surface area contributed by atoms with Crippen LogP contribution in [0.1, 0.15) is 1.43 Å². The number of rotatable bonds is 5. The summed E-state index contributed by atoms with van der Waals surface area (Å²) >= 11 is 0. The van der Waals surface area contributed by atoms with Crippen LogP contribution < -0.4 is 64.6 Å². The number of carboxylic acids is 1. The van der Waals surface area contributed by atoms with E-state index in [1.165, 1.54) is 0 Å². The van der Waals surface area contributed by atoms with Crippen LogP contribution in [-0.2, 0) is 48.2 Å². The van der Waals surface area contributed by atoms with Gasteiger partial charge in [0.15, 0.2) is 48.7 Å². The maximum atomic E-state index is 12.8. The Hall–Kier alpha value is -4.69. The van der Waals surface area contributed by atoms with Crippen molar-refractivity contribution in [2.75, 3.05) is 26.4 Å². The van der Waals surface area contributed by atoms with E-state index in [1.807, 2.05) is 0 Å². The van der Waals surface area contributed by atoms with Gasteiger partial charge in [0.05, 0.1) is 62.2 Å². The molecule has 45 heteroatoms. The number of hydrogen-bond donors (Lipinski definition) is 26. The first-order chi connectivity index (χ1) is 40.5. The van der Waals surface area contributed by atoms with Gasteiger partial charge in [-0.15, -0.1) is 0 Å². The Morgan fingerprint density at radius 1 is 0.449 bits per heavy atom. The average molecular weight is 1290 g/mol. The van der Waals surface area contributed by atoms with Crippen molar-refractivity contribution in [3.05, 3.63) is 0 Å². The van der Waals surface area contributed by atoms with Gasteiger partial charge >= 0.3 is 1.43 Å². The van der Waals surface area contributed by atoms with Crippen LogP contribution in [0.5, 0.6) is 0 Å². The first-order valence-electron chi connectivity index (χ1n) is 26.8. The van der Waals surface area contributed by atoms with E-state index in [0.29, 0.717) is 0 Å². The first kappa shape index (κ1) is 65.8. The third-order valence-electron chi connectivity index (χ3n) is 20.6. The SMILES string of the molecule is NC1=NC(O)C2C3OC4([O-])OC([C@@H](O)C2(N1)[C@@H]4O)C3(O)CO.NC1=NC(O)C2C3OC4([O-])OC([C@@H](O)C2(N1)[C@@H]4O)C3(O)CO.NC1=NC2O[C@@H]3C4([O-])OC5C2C3(N1)[C@H](O)C(O4)C5(O)CO.NC1=NC2O[C@H](C(=O)[O-])C3(N1)C2C(O)C(O)(CO)C(O)[C@H]3O.[H+].[OH-].[OH3+]. The van der Waals surface area contributed by atoms with Crippen LogP contribution in [0, 0.1) is 23.7 Å². The zero-order valence-corrected chi connectivity index (χ0v) is 45.2. The highest BCUT2D eigenvalue weighted by atomic mass is 16.9. The van der Waals surface area contributed by atoms with Crippen molar-refractivity contribution < 1.29 is 167 Å². The van der Waals surface area contributed by atoms with Crippen molar-refractivity contribution in [1.82, 2.24) is 21.3 Å². The molecule has 0 radical (unpaired) electrons. The Labute approximate surface area is 495 Å². The second kappa shape index (κ2) is 19.9. The van der Waals surface area contributed by atoms with Crippen LogP contribution in [0.4, 0.5) is 0 Å². The van der Waals surface area contributed by atoms with Gasteiger partial charge in [0.25, 0.3) is 0 Å². The second-order valence-electron chi connectivity index (χ2n) is 24.5. The molecule has 15 aliphatic heterocycles. The molecular formula is C44H67N12O33-3. The van der Waals surface area contributed by atoms with E-state index in [0.717, 1.165) is 0 Å². The monoisotopic (exact) mass is 1290 g/mol. The van der Waals surface area contributed by atoms with Gasteiger partial charge in [-0.3, -0.25) is 0 Å². The number of nitrogens with zero attached hydrogens (tertiary/aromatic N) is 4. The first-order valence-corrected chi connectivity index (χ1v) is 26.8. The van der Waals surface area contributed by atoms with Crippen LogP contribution in [0.3, 0.4) is 0 Å². The molecule has 3 spiro atoms. The van der Waals surface area contributed by atoms with E-state index >= 15 is 0 Å². The lowest BCUT2D eigenvalue weighted by Crippen LogP contribution is -2.97. The molecule has 0 aromatic carbocycles. The Bertz CT molecular complexity index is 2920. The van der Waals surface area contributed by atoms with Crippen molar-refractivity contribution >= 4 is 29.8 Å². The lowest BCUT2D eigenvalue weighted by molar-refractivity contribution is -0.709. The number of carbonyl (C=O) groups excluding carboxylic acids is 1. The third kappa shape index (κ3) is 7.48. The highest BCUT2D eigenvalue weighted by molar-refractivity contribution is 5.84. The maximum Gasteiger partial charge on any atom is 1.00 e. The van der Waals surface area contributed by atoms with Crippen LogP contribution >= 0.6 is 0 Å². The smallest absolute Gasteiger partial charge is 0.870 e. The largest absolute Gasteiger partial charge is 1.00 e. The molecule has 4 aliphatic carbocycles. The highest BCUT2D eigenvalue weighted by Crippen LogP contribution is 2.64. The maximum absolute atomic E-state index is 12.8. The minimum absolute atomic E-state index is 0. The predicted molar refractivity (Wildman–Crippen MR) is 260 cm³/mol. The van der Waals surface area contributed by atoms with Gasteiger partial charge in [-0.25, -0.2) is 20.0 Å². The van der Waals surface area contributed by atoms with E-state index in [9.17, 15) is 117 Å². The summed E-state index contributed by atoms with van der Waals surface area (Å²) in [5.74, 6) is -14.7. The summed E-state index contributed by atoms with van der Waals surface area (Å²) in [7, 11) is 0. The number of carboxylic acid groups (broad SMARTS) is 1. The number of nitrogens with two attached hydrogens (primary N) is 4. The minimum Gasteiger partial charge on any atom is -0.870 e. The van der Waals surface area contributed by atoms with Crippen molar-refractivity contribution in [3.63, 3.8) is 0 Å². The van der Waals surface area contributed by atoms with Crippen molar-refractivity contribution in [2.45, 2.75) is 185 Å². The molecule has 15 fully saturated rings. The van der Waals surface area contributed by atoms with E-state index in [2.05, 4.69) is 41.2 Å². The fraction of sp³-hybridized carbons (Fsp3) is 0.886. The topological polar surface area (TPSA) is 812 Å². The molecule has 0 aromatic rings. The molecule has 504 valence electrons. The van der Waals surface area contributed by atoms with E-state index < -0.39 is 241 Å². The number of aliphatic hydroxyl groups excluding tert-OH is 14. The van der Waals surface area contributed by atoms with Crippen LogP contribution in [0.2, 0.25) is 0 Å². The molecule has 15 heterocycles. The lowest BCUT2D eigenvalue weighted by Gasteiger charge is -2.75. The molecule has 45 nitrogen and oxygen atoms in total. The van der Waals surface area contributed by atoms with Gasteiger partial charge in [0.1, 0.15) is 154 Å². The van der Waals surface area contributed by atoms with E-state index in [1.54, 1.807) is 0 Å². The van der Waals surface area contributed by atoms with Gasteiger partial charge < -0.3 is 210 Å². The third-order valence-corrected chi connectivity index (χ3v) is 20.6. The second-order valence-corrected chi connectivity index (χ2v) is 24.5. The molecule has 11 saturated heterocycles. The Morgan fingerprint density at radius 2 is 0.787 bits per heavy atom. The molecule has 4 saturated carbocycles. The summed E-state index contributed by atoms with van der Waals surface area (Å²) in [6.07, 6.45) is -30.7. The Balaban J connectivity index is 0.000000131. The molecule has 34 N–H and O–H groups in total. The molecule has 35 atom stereocenters. The van der Waals surface area contributed by atoms with E-state index in [4.69, 9.17) is 60.8 Å². The number of aliphatic imine (C=N–C) groups is 4. The molecule has 0 aromatic heterocycles. The summed E-state index contributed by atoms with van der Waals surface area (Å²) in [5, 5.41) is 243. The standard InChI is InChI=1S/2C11H16N3O8.C11H17N3O8.C11H14N3O7.2H2O/c2*12-8-13-6(17)2-4-9(19,1-15)5-3(16)10(2,14-8)7(18)11(20,21-4)22-5;12-9-13-7-2-3(16)10(21,1-15)4(17)5(18)11(2,14-9)6(22-7)8(19)20;12-8-13-6-2-4-9(17,1-15)5-3(16)10(2,14-8)7(19-6)11(18,20-4)21-5;;/h2*2-7,15-19H,1H2,(H3,12,13,14);2-7,15-18,21H,1H2,(H,19,20)(H3,12,13,14);2-7,15-17H,1H2,(H3,12,13,14);2*1H2/q2*-1;;-1;;/t2*2?,3-,4?,5?,6?,7+,9?,10?,11?;2?,3?,4?,5-,6-,7?,10?,11?;2?,3-,4?,5?,6?,7+,9?,10?,11?;;/m1111../s1. The summed E-state index contributed by atoms with van der Waals surface area (Å²) in [6, 6.07) is 0. The van der Waals surface area contributed by atoms with Crippen LogP contribution in [-0.4, -0.2) is 339 Å². The average Bonchev–Trinajstić information content (AvgIpc) is 1.06. The molecule has 19 aliphatic rings. The minimum atomic E-state index is -2.77. The number of carbonyl (C=O) groups is 1. The normalized spacial score (nSPS) is 59.7. The van der Waals surface area contributed by atoms with Crippen molar-refractivity contribution in [2.24, 2.45) is 66.6 Å².